The summed E-state index contributed by atoms with van der Waals surface area (Å²) in [6.45, 7) is 5.15. The lowest BCUT2D eigenvalue weighted by atomic mass is 9.96. The minimum atomic E-state index is -4.38. The van der Waals surface area contributed by atoms with Crippen molar-refractivity contribution in [2.45, 2.75) is 25.9 Å². The molecule has 2 rings (SSSR count). The van der Waals surface area contributed by atoms with Crippen molar-refractivity contribution in [2.75, 3.05) is 31.1 Å². The molecule has 0 bridgehead atoms. The predicted molar refractivity (Wildman–Crippen MR) is 80.4 cm³/mol. The second-order valence-corrected chi connectivity index (χ2v) is 6.18. The van der Waals surface area contributed by atoms with E-state index in [4.69, 9.17) is 0 Å². The summed E-state index contributed by atoms with van der Waals surface area (Å²) in [5, 5.41) is 3.30. The number of pyridine rings is 1. The molecule has 21 heavy (non-hydrogen) atoms. The summed E-state index contributed by atoms with van der Waals surface area (Å²) in [5.41, 5.74) is -0.665. The molecular formula is C14H19BrF3N3. The summed E-state index contributed by atoms with van der Waals surface area (Å²) in [6.07, 6.45) is -1.17. The van der Waals surface area contributed by atoms with Gasteiger partial charge in [-0.25, -0.2) is 4.98 Å². The van der Waals surface area contributed by atoms with E-state index >= 15 is 0 Å². The van der Waals surface area contributed by atoms with Gasteiger partial charge in [-0.15, -0.1) is 0 Å². The zero-order valence-corrected chi connectivity index (χ0v) is 13.5. The highest BCUT2D eigenvalue weighted by Crippen LogP contribution is 2.37. The van der Waals surface area contributed by atoms with Crippen molar-refractivity contribution in [3.8, 4) is 0 Å². The Hall–Kier alpha value is -0.820. The van der Waals surface area contributed by atoms with Gasteiger partial charge in [-0.05, 0) is 53.8 Å². The molecule has 1 aromatic heterocycles. The number of hydrogen-bond acceptors (Lipinski definition) is 3. The maximum Gasteiger partial charge on any atom is 0.419 e. The summed E-state index contributed by atoms with van der Waals surface area (Å²) in [6, 6.07) is 1.10. The lowest BCUT2D eigenvalue weighted by Gasteiger charge is -2.34. The fourth-order valence-corrected chi connectivity index (χ4v) is 2.92. The van der Waals surface area contributed by atoms with Crippen LogP contribution in [0.15, 0.2) is 16.7 Å². The van der Waals surface area contributed by atoms with E-state index < -0.39 is 11.7 Å². The maximum atomic E-state index is 13.1. The Balaban J connectivity index is 2.10. The van der Waals surface area contributed by atoms with Crippen LogP contribution in [0.5, 0.6) is 0 Å². The van der Waals surface area contributed by atoms with Crippen LogP contribution in [0, 0.1) is 5.92 Å². The Morgan fingerprint density at radius 3 is 2.62 bits per heavy atom. The van der Waals surface area contributed by atoms with Crippen LogP contribution in [0.3, 0.4) is 0 Å². The third-order valence-electron chi connectivity index (χ3n) is 3.74. The number of nitrogens with zero attached hydrogens (tertiary/aromatic N) is 2. The molecule has 0 aliphatic carbocycles. The third kappa shape index (κ3) is 4.32. The molecule has 1 saturated heterocycles. The molecule has 1 aliphatic rings. The molecule has 1 fully saturated rings. The Labute approximate surface area is 131 Å². The van der Waals surface area contributed by atoms with Crippen LogP contribution in [0.1, 0.15) is 25.3 Å². The van der Waals surface area contributed by atoms with E-state index in [-0.39, 0.29) is 5.82 Å². The molecule has 1 aromatic rings. The summed E-state index contributed by atoms with van der Waals surface area (Å²) in [7, 11) is 0. The van der Waals surface area contributed by atoms with Crippen LogP contribution in [0.2, 0.25) is 0 Å². The molecule has 0 saturated carbocycles. The maximum absolute atomic E-state index is 13.1. The van der Waals surface area contributed by atoms with Crippen LogP contribution in [0.4, 0.5) is 19.0 Å². The lowest BCUT2D eigenvalue weighted by Crippen LogP contribution is -2.38. The lowest BCUT2D eigenvalue weighted by molar-refractivity contribution is -0.137. The van der Waals surface area contributed by atoms with Crippen molar-refractivity contribution in [1.82, 2.24) is 10.3 Å². The number of rotatable bonds is 4. The van der Waals surface area contributed by atoms with E-state index in [9.17, 15) is 13.2 Å². The number of piperidine rings is 1. The zero-order valence-electron chi connectivity index (χ0n) is 11.9. The van der Waals surface area contributed by atoms with Crippen molar-refractivity contribution in [3.63, 3.8) is 0 Å². The standard InChI is InChI=1S/C14H19BrF3N3/c1-2-19-8-10-3-5-21(6-4-10)13-12(14(16,17)18)7-11(15)9-20-13/h7,9-10,19H,2-6,8H2,1H3. The first kappa shape index (κ1) is 16.5. The molecule has 0 spiro atoms. The van der Waals surface area contributed by atoms with E-state index in [2.05, 4.69) is 33.2 Å². The summed E-state index contributed by atoms with van der Waals surface area (Å²) < 4.78 is 39.7. The quantitative estimate of drug-likeness (QED) is 0.881. The SMILES string of the molecule is CCNCC1CCN(c2ncc(Br)cc2C(F)(F)F)CC1. The molecule has 0 aromatic carbocycles. The van der Waals surface area contributed by atoms with Gasteiger partial charge in [0, 0.05) is 23.8 Å². The highest BCUT2D eigenvalue weighted by molar-refractivity contribution is 9.10. The molecule has 0 atom stereocenters. The first-order valence-electron chi connectivity index (χ1n) is 7.10. The van der Waals surface area contributed by atoms with Crippen molar-refractivity contribution in [3.05, 3.63) is 22.3 Å². The minimum absolute atomic E-state index is 0.0487. The second-order valence-electron chi connectivity index (χ2n) is 5.26. The molecule has 1 aliphatic heterocycles. The van der Waals surface area contributed by atoms with E-state index in [0.29, 0.717) is 23.5 Å². The Morgan fingerprint density at radius 1 is 1.38 bits per heavy atom. The van der Waals surface area contributed by atoms with Crippen molar-refractivity contribution >= 4 is 21.7 Å². The van der Waals surface area contributed by atoms with Crippen molar-refractivity contribution in [2.24, 2.45) is 5.92 Å². The second kappa shape index (κ2) is 6.96. The molecule has 1 N–H and O–H groups in total. The Morgan fingerprint density at radius 2 is 2.05 bits per heavy atom. The van der Waals surface area contributed by atoms with Crippen molar-refractivity contribution in [1.29, 1.82) is 0 Å². The summed E-state index contributed by atoms with van der Waals surface area (Å²) in [5.74, 6) is 0.582. The zero-order chi connectivity index (χ0) is 15.5. The summed E-state index contributed by atoms with van der Waals surface area (Å²) in [4.78, 5) is 5.75. The molecular weight excluding hydrogens is 347 g/mol. The van der Waals surface area contributed by atoms with Gasteiger partial charge in [0.15, 0.2) is 0 Å². The van der Waals surface area contributed by atoms with E-state index in [1.165, 1.54) is 6.20 Å². The number of alkyl halides is 3. The highest BCUT2D eigenvalue weighted by atomic mass is 79.9. The van der Waals surface area contributed by atoms with Gasteiger partial charge in [-0.2, -0.15) is 13.2 Å². The van der Waals surface area contributed by atoms with Crippen molar-refractivity contribution < 1.29 is 13.2 Å². The topological polar surface area (TPSA) is 28.2 Å². The number of halogens is 4. The van der Waals surface area contributed by atoms with E-state index in [1.54, 1.807) is 4.90 Å². The monoisotopic (exact) mass is 365 g/mol. The van der Waals surface area contributed by atoms with Gasteiger partial charge >= 0.3 is 6.18 Å². The Bertz CT molecular complexity index is 471. The molecule has 2 heterocycles. The van der Waals surface area contributed by atoms with Crippen LogP contribution in [0.25, 0.3) is 0 Å². The van der Waals surface area contributed by atoms with Gasteiger partial charge in [0.05, 0.1) is 5.56 Å². The smallest absolute Gasteiger partial charge is 0.356 e. The first-order chi connectivity index (χ1) is 9.91. The summed E-state index contributed by atoms with van der Waals surface area (Å²) >= 11 is 3.06. The van der Waals surface area contributed by atoms with E-state index in [0.717, 1.165) is 32.0 Å². The highest BCUT2D eigenvalue weighted by Gasteiger charge is 2.36. The number of anilines is 1. The van der Waals surface area contributed by atoms with Gasteiger partial charge in [-0.3, -0.25) is 0 Å². The van der Waals surface area contributed by atoms with Crippen LogP contribution >= 0.6 is 15.9 Å². The van der Waals surface area contributed by atoms with Gasteiger partial charge in [-0.1, -0.05) is 6.92 Å². The largest absolute Gasteiger partial charge is 0.419 e. The normalized spacial score (nSPS) is 17.3. The van der Waals surface area contributed by atoms with Crippen LogP contribution in [-0.2, 0) is 6.18 Å². The van der Waals surface area contributed by atoms with Gasteiger partial charge in [0.1, 0.15) is 5.82 Å². The fourth-order valence-electron chi connectivity index (χ4n) is 2.59. The molecule has 3 nitrogen and oxygen atoms in total. The average molecular weight is 366 g/mol. The van der Waals surface area contributed by atoms with Gasteiger partial charge in [0.2, 0.25) is 0 Å². The molecule has 0 unspecified atom stereocenters. The first-order valence-corrected chi connectivity index (χ1v) is 7.89. The molecule has 0 amide bonds. The van der Waals surface area contributed by atoms with Gasteiger partial charge in [0.25, 0.3) is 0 Å². The number of hydrogen-bond donors (Lipinski definition) is 1. The third-order valence-corrected chi connectivity index (χ3v) is 4.17. The number of aromatic nitrogens is 1. The predicted octanol–water partition coefficient (Wildman–Crippen LogP) is 3.69. The molecule has 7 heteroatoms. The molecule has 0 radical (unpaired) electrons. The van der Waals surface area contributed by atoms with Crippen LogP contribution < -0.4 is 10.2 Å². The van der Waals surface area contributed by atoms with Gasteiger partial charge < -0.3 is 10.2 Å². The Kier molecular flexibility index (Phi) is 5.48. The minimum Gasteiger partial charge on any atom is -0.356 e. The number of nitrogens with one attached hydrogen (secondary N) is 1. The molecule has 118 valence electrons. The van der Waals surface area contributed by atoms with E-state index in [1.807, 2.05) is 0 Å². The fraction of sp³-hybridized carbons (Fsp3) is 0.643. The average Bonchev–Trinajstić information content (AvgIpc) is 2.45. The van der Waals surface area contributed by atoms with Crippen LogP contribution in [-0.4, -0.2) is 31.2 Å².